The highest BCUT2D eigenvalue weighted by Gasteiger charge is 2.55. The molecule has 198 valence electrons. The van der Waals surface area contributed by atoms with Crippen molar-refractivity contribution in [2.45, 2.75) is 62.4 Å². The third-order valence-electron chi connectivity index (χ3n) is 9.09. The van der Waals surface area contributed by atoms with E-state index in [9.17, 15) is 9.59 Å². The summed E-state index contributed by atoms with van der Waals surface area (Å²) in [7, 11) is 5.88. The molecule has 8 nitrogen and oxygen atoms in total. The lowest BCUT2D eigenvalue weighted by Crippen LogP contribution is -2.56. The van der Waals surface area contributed by atoms with Crippen molar-refractivity contribution in [3.63, 3.8) is 0 Å². The second kappa shape index (κ2) is 10.4. The Morgan fingerprint density at radius 3 is 2.49 bits per heavy atom. The Labute approximate surface area is 220 Å². The van der Waals surface area contributed by atoms with Crippen LogP contribution in [0.15, 0.2) is 42.9 Å². The molecule has 0 atom stereocenters. The summed E-state index contributed by atoms with van der Waals surface area (Å²) < 4.78 is 5.29. The first-order chi connectivity index (χ1) is 17.9. The van der Waals surface area contributed by atoms with Crippen molar-refractivity contribution in [1.82, 2.24) is 24.7 Å². The van der Waals surface area contributed by atoms with Gasteiger partial charge in [0.15, 0.2) is 5.78 Å². The summed E-state index contributed by atoms with van der Waals surface area (Å²) in [5, 5.41) is 0. The predicted octanol–water partition coefficient (Wildman–Crippen LogP) is 3.90. The van der Waals surface area contributed by atoms with Crippen molar-refractivity contribution in [2.75, 3.05) is 40.8 Å². The number of urea groups is 1. The summed E-state index contributed by atoms with van der Waals surface area (Å²) in [5.74, 6) is 0.967. The smallest absolute Gasteiger partial charge is 0.321 e. The van der Waals surface area contributed by atoms with Gasteiger partial charge in [0.1, 0.15) is 6.33 Å². The van der Waals surface area contributed by atoms with Crippen LogP contribution in [0.2, 0.25) is 0 Å². The minimum absolute atomic E-state index is 0.0218. The standard InChI is InChI=1S/C29H39N5O3/c1-32(2)29(24-10-5-4-6-11-24)14-12-28(13-15-29)20-33(27(36)34(28)18-22-8-7-9-22)19-25(35)16-23-17-30-21-31-26(23)37-3/h4-6,10-11,17,21-22H,7-9,12-16,18-20H2,1-3H3. The van der Waals surface area contributed by atoms with Gasteiger partial charge in [-0.15, -0.1) is 0 Å². The Morgan fingerprint density at radius 2 is 1.86 bits per heavy atom. The number of benzene rings is 1. The van der Waals surface area contributed by atoms with Crippen molar-refractivity contribution in [3.05, 3.63) is 54.0 Å². The average molecular weight is 506 g/mol. The van der Waals surface area contributed by atoms with Crippen LogP contribution in [0.3, 0.4) is 0 Å². The first-order valence-corrected chi connectivity index (χ1v) is 13.5. The molecule has 1 aromatic carbocycles. The minimum atomic E-state index is -0.214. The lowest BCUT2D eigenvalue weighted by molar-refractivity contribution is -0.119. The van der Waals surface area contributed by atoms with Gasteiger partial charge in [0.25, 0.3) is 0 Å². The first-order valence-electron chi connectivity index (χ1n) is 13.5. The normalized spacial score (nSPS) is 26.1. The van der Waals surface area contributed by atoms with Crippen LogP contribution in [0, 0.1) is 5.92 Å². The second-order valence-electron chi connectivity index (χ2n) is 11.3. The highest BCUT2D eigenvalue weighted by atomic mass is 16.5. The molecule has 1 saturated heterocycles. The molecule has 2 saturated carbocycles. The fraction of sp³-hybridized carbons (Fsp3) is 0.586. The van der Waals surface area contributed by atoms with Crippen LogP contribution in [0.25, 0.3) is 0 Å². The SMILES string of the molecule is COc1ncncc1CC(=O)CN1CC2(CCC(c3ccccc3)(N(C)C)CC2)N(CC2CCC2)C1=O. The maximum Gasteiger partial charge on any atom is 0.321 e. The van der Waals surface area contributed by atoms with Crippen molar-refractivity contribution < 1.29 is 14.3 Å². The van der Waals surface area contributed by atoms with Crippen molar-refractivity contribution in [1.29, 1.82) is 0 Å². The average Bonchev–Trinajstić information content (AvgIpc) is 3.12. The van der Waals surface area contributed by atoms with Crippen LogP contribution >= 0.6 is 0 Å². The van der Waals surface area contributed by atoms with E-state index in [0.29, 0.717) is 23.9 Å². The Bertz CT molecular complexity index is 1110. The van der Waals surface area contributed by atoms with Crippen LogP contribution in [0.4, 0.5) is 4.79 Å². The highest BCUT2D eigenvalue weighted by molar-refractivity contribution is 5.88. The molecule has 1 aliphatic heterocycles. The number of methoxy groups -OCH3 is 1. The minimum Gasteiger partial charge on any atom is -0.481 e. The molecule has 2 heterocycles. The predicted molar refractivity (Wildman–Crippen MR) is 141 cm³/mol. The van der Waals surface area contributed by atoms with E-state index in [4.69, 9.17) is 4.74 Å². The number of rotatable bonds is 9. The van der Waals surface area contributed by atoms with Gasteiger partial charge >= 0.3 is 6.03 Å². The van der Waals surface area contributed by atoms with Gasteiger partial charge in [-0.05, 0) is 64.1 Å². The number of hydrogen-bond donors (Lipinski definition) is 0. The second-order valence-corrected chi connectivity index (χ2v) is 11.3. The molecule has 0 N–H and O–H groups in total. The number of nitrogens with zero attached hydrogens (tertiary/aromatic N) is 5. The molecule has 2 aromatic rings. The van der Waals surface area contributed by atoms with E-state index in [1.165, 1.54) is 38.3 Å². The van der Waals surface area contributed by atoms with E-state index in [2.05, 4.69) is 64.2 Å². The monoisotopic (exact) mass is 505 g/mol. The summed E-state index contributed by atoms with van der Waals surface area (Å²) in [6, 6.07) is 10.8. The largest absolute Gasteiger partial charge is 0.481 e. The number of carbonyl (C=O) groups excluding carboxylic acids is 2. The highest BCUT2D eigenvalue weighted by Crippen LogP contribution is 2.49. The molecule has 0 unspecified atom stereocenters. The van der Waals surface area contributed by atoms with Crippen LogP contribution in [-0.4, -0.2) is 82.9 Å². The number of amides is 2. The van der Waals surface area contributed by atoms with Crippen LogP contribution < -0.4 is 4.74 Å². The van der Waals surface area contributed by atoms with Gasteiger partial charge in [-0.3, -0.25) is 9.69 Å². The van der Waals surface area contributed by atoms with Gasteiger partial charge < -0.3 is 14.5 Å². The Hall–Kier alpha value is -3.00. The Kier molecular flexibility index (Phi) is 7.21. The van der Waals surface area contributed by atoms with Crippen LogP contribution in [0.1, 0.15) is 56.1 Å². The zero-order chi connectivity index (χ0) is 26.0. The quantitative estimate of drug-likeness (QED) is 0.514. The number of aromatic nitrogens is 2. The molecule has 0 radical (unpaired) electrons. The lowest BCUT2D eigenvalue weighted by Gasteiger charge is -2.51. The molecule has 3 aliphatic rings. The number of Topliss-reactive ketones (excluding diaryl/α,β-unsaturated/α-hetero) is 1. The number of ether oxygens (including phenoxy) is 1. The molecule has 2 amide bonds. The summed E-state index contributed by atoms with van der Waals surface area (Å²) in [5.41, 5.74) is 1.74. The molecule has 1 spiro atoms. The molecule has 1 aromatic heterocycles. The Morgan fingerprint density at radius 1 is 1.14 bits per heavy atom. The van der Waals surface area contributed by atoms with E-state index in [1.54, 1.807) is 11.1 Å². The van der Waals surface area contributed by atoms with E-state index in [1.807, 2.05) is 0 Å². The summed E-state index contributed by atoms with van der Waals surface area (Å²) >= 11 is 0. The fourth-order valence-electron chi connectivity index (χ4n) is 6.64. The van der Waals surface area contributed by atoms with Gasteiger partial charge in [0.2, 0.25) is 5.88 Å². The fourth-order valence-corrected chi connectivity index (χ4v) is 6.64. The van der Waals surface area contributed by atoms with Gasteiger partial charge in [0.05, 0.1) is 19.2 Å². The van der Waals surface area contributed by atoms with E-state index < -0.39 is 0 Å². The van der Waals surface area contributed by atoms with Gasteiger partial charge in [-0.2, -0.15) is 0 Å². The molecule has 2 aliphatic carbocycles. The third-order valence-corrected chi connectivity index (χ3v) is 9.09. The number of ketones is 1. The third kappa shape index (κ3) is 4.83. The molecular weight excluding hydrogens is 466 g/mol. The van der Waals surface area contributed by atoms with Crippen molar-refractivity contribution in [2.24, 2.45) is 5.92 Å². The van der Waals surface area contributed by atoms with E-state index in [0.717, 1.165) is 32.2 Å². The molecule has 8 heteroatoms. The van der Waals surface area contributed by atoms with Gasteiger partial charge in [-0.25, -0.2) is 14.8 Å². The summed E-state index contributed by atoms with van der Waals surface area (Å²) in [4.78, 5) is 41.3. The molecule has 5 rings (SSSR count). The van der Waals surface area contributed by atoms with Gasteiger partial charge in [0, 0.05) is 36.8 Å². The Balaban J connectivity index is 1.34. The lowest BCUT2D eigenvalue weighted by atomic mass is 9.68. The maximum absolute atomic E-state index is 13.8. The number of hydrogen-bond acceptors (Lipinski definition) is 6. The first kappa shape index (κ1) is 25.6. The molecule has 3 fully saturated rings. The summed E-state index contributed by atoms with van der Waals surface area (Å²) in [6.45, 7) is 1.53. The van der Waals surface area contributed by atoms with Crippen molar-refractivity contribution in [3.8, 4) is 5.88 Å². The zero-order valence-electron chi connectivity index (χ0n) is 22.4. The van der Waals surface area contributed by atoms with E-state index in [-0.39, 0.29) is 35.9 Å². The number of carbonyl (C=O) groups is 2. The maximum atomic E-state index is 13.8. The summed E-state index contributed by atoms with van der Waals surface area (Å²) in [6.07, 6.45) is 10.7. The molecule has 0 bridgehead atoms. The van der Waals surface area contributed by atoms with Gasteiger partial charge in [-0.1, -0.05) is 36.8 Å². The molecule has 37 heavy (non-hydrogen) atoms. The van der Waals surface area contributed by atoms with Crippen molar-refractivity contribution >= 4 is 11.8 Å². The zero-order valence-corrected chi connectivity index (χ0v) is 22.4. The van der Waals surface area contributed by atoms with Crippen LogP contribution in [-0.2, 0) is 16.8 Å². The van der Waals surface area contributed by atoms with E-state index >= 15 is 0 Å². The topological polar surface area (TPSA) is 78.9 Å². The molecular formula is C29H39N5O3. The van der Waals surface area contributed by atoms with Crippen LogP contribution in [0.5, 0.6) is 5.88 Å².